The molecule has 1 N–H and O–H groups in total. The number of fused-ring (bicyclic) bond motifs is 1. The Morgan fingerprint density at radius 1 is 1.12 bits per heavy atom. The fraction of sp³-hybridized carbons (Fsp3) is 0.0714. The lowest BCUT2D eigenvalue weighted by atomic mass is 10.1. The van der Waals surface area contributed by atoms with E-state index in [-0.39, 0.29) is 5.75 Å². The highest BCUT2D eigenvalue weighted by molar-refractivity contribution is 5.72. The smallest absolute Gasteiger partial charge is 0.137 e. The first-order valence-corrected chi connectivity index (χ1v) is 5.48. The third kappa shape index (κ3) is 1.47. The molecule has 0 fully saturated rings. The van der Waals surface area contributed by atoms with Crippen LogP contribution in [0.25, 0.3) is 16.9 Å². The molecule has 1 aromatic carbocycles. The number of aromatic nitrogens is 2. The molecule has 0 bridgehead atoms. The zero-order valence-corrected chi connectivity index (χ0v) is 9.46. The highest BCUT2D eigenvalue weighted by Gasteiger charge is 2.10. The van der Waals surface area contributed by atoms with Gasteiger partial charge in [0, 0.05) is 18.0 Å². The molecule has 0 saturated carbocycles. The topological polar surface area (TPSA) is 37.5 Å². The van der Waals surface area contributed by atoms with Crippen LogP contribution in [-0.2, 0) is 0 Å². The van der Waals surface area contributed by atoms with Gasteiger partial charge in [-0.3, -0.25) is 4.40 Å². The van der Waals surface area contributed by atoms with E-state index in [2.05, 4.69) is 4.98 Å². The zero-order valence-electron chi connectivity index (χ0n) is 9.46. The summed E-state index contributed by atoms with van der Waals surface area (Å²) in [6.07, 6.45) is 3.67. The molecule has 0 aliphatic heterocycles. The monoisotopic (exact) mass is 224 g/mol. The van der Waals surface area contributed by atoms with Gasteiger partial charge in [-0.25, -0.2) is 4.98 Å². The van der Waals surface area contributed by atoms with Crippen LogP contribution in [0.15, 0.2) is 48.8 Å². The number of imidazole rings is 1. The largest absolute Gasteiger partial charge is 0.507 e. The Balaban J connectivity index is 2.40. The van der Waals surface area contributed by atoms with Crippen molar-refractivity contribution in [3.63, 3.8) is 0 Å². The van der Waals surface area contributed by atoms with E-state index in [1.54, 1.807) is 12.3 Å². The minimum atomic E-state index is 0.289. The normalized spacial score (nSPS) is 10.9. The molecule has 2 aromatic heterocycles. The lowest BCUT2D eigenvalue weighted by Gasteiger charge is -2.10. The van der Waals surface area contributed by atoms with E-state index in [1.165, 1.54) is 0 Å². The molecule has 17 heavy (non-hydrogen) atoms. The Kier molecular flexibility index (Phi) is 2.11. The van der Waals surface area contributed by atoms with Crippen molar-refractivity contribution in [3.8, 4) is 17.0 Å². The van der Waals surface area contributed by atoms with Crippen LogP contribution in [0.5, 0.6) is 5.75 Å². The second kappa shape index (κ2) is 3.63. The van der Waals surface area contributed by atoms with Gasteiger partial charge in [0.25, 0.3) is 0 Å². The molecule has 0 unspecified atom stereocenters. The molecule has 84 valence electrons. The third-order valence-corrected chi connectivity index (χ3v) is 2.93. The molecule has 0 aliphatic carbocycles. The van der Waals surface area contributed by atoms with Gasteiger partial charge in [-0.05, 0) is 30.7 Å². The summed E-state index contributed by atoms with van der Waals surface area (Å²) in [6.45, 7) is 2.03. The summed E-state index contributed by atoms with van der Waals surface area (Å²) in [6, 6.07) is 11.3. The van der Waals surface area contributed by atoms with Gasteiger partial charge in [0.05, 0.1) is 5.69 Å². The highest BCUT2D eigenvalue weighted by atomic mass is 16.3. The maximum absolute atomic E-state index is 9.95. The van der Waals surface area contributed by atoms with E-state index in [9.17, 15) is 5.11 Å². The Labute approximate surface area is 99.0 Å². The summed E-state index contributed by atoms with van der Waals surface area (Å²) in [5.74, 6) is 0.289. The predicted octanol–water partition coefficient (Wildman–Crippen LogP) is 3.02. The van der Waals surface area contributed by atoms with E-state index in [4.69, 9.17) is 0 Å². The number of para-hydroxylation sites is 1. The Hall–Kier alpha value is -2.29. The lowest BCUT2D eigenvalue weighted by Crippen LogP contribution is -1.94. The zero-order chi connectivity index (χ0) is 11.8. The number of phenols is 1. The first kappa shape index (κ1) is 9.90. The number of nitrogens with zero attached hydrogens (tertiary/aromatic N) is 2. The summed E-state index contributed by atoms with van der Waals surface area (Å²) in [4.78, 5) is 4.26. The molecule has 0 saturated heterocycles. The van der Waals surface area contributed by atoms with Crippen molar-refractivity contribution >= 4 is 5.65 Å². The fourth-order valence-corrected chi connectivity index (χ4v) is 2.11. The van der Waals surface area contributed by atoms with E-state index in [1.807, 2.05) is 47.9 Å². The molecule has 0 amide bonds. The molecule has 0 atom stereocenters. The van der Waals surface area contributed by atoms with Crippen molar-refractivity contribution in [3.05, 3.63) is 54.4 Å². The van der Waals surface area contributed by atoms with Gasteiger partial charge in [0.15, 0.2) is 0 Å². The van der Waals surface area contributed by atoms with Crippen LogP contribution in [0, 0.1) is 6.92 Å². The molecular formula is C14H12N2O. The summed E-state index contributed by atoms with van der Waals surface area (Å²) in [7, 11) is 0. The van der Waals surface area contributed by atoms with Crippen molar-refractivity contribution in [2.75, 3.05) is 0 Å². The number of hydrogen-bond acceptors (Lipinski definition) is 2. The lowest BCUT2D eigenvalue weighted by molar-refractivity contribution is 0.477. The Morgan fingerprint density at radius 2 is 1.94 bits per heavy atom. The number of aryl methyl sites for hydroxylation is 1. The Bertz CT molecular complexity index is 686. The van der Waals surface area contributed by atoms with Gasteiger partial charge in [-0.1, -0.05) is 18.2 Å². The summed E-state index contributed by atoms with van der Waals surface area (Å²) in [5.41, 5.74) is 3.80. The van der Waals surface area contributed by atoms with E-state index >= 15 is 0 Å². The van der Waals surface area contributed by atoms with Crippen LogP contribution in [0.1, 0.15) is 5.56 Å². The highest BCUT2D eigenvalue weighted by Crippen LogP contribution is 2.31. The van der Waals surface area contributed by atoms with Crippen LogP contribution >= 0.6 is 0 Å². The van der Waals surface area contributed by atoms with Crippen molar-refractivity contribution in [2.24, 2.45) is 0 Å². The molecule has 3 heteroatoms. The van der Waals surface area contributed by atoms with Gasteiger partial charge < -0.3 is 5.11 Å². The molecule has 3 nitrogen and oxygen atoms in total. The SMILES string of the molecule is Cc1ccc2nccn2c1-c1ccccc1O. The first-order chi connectivity index (χ1) is 8.27. The van der Waals surface area contributed by atoms with Crippen LogP contribution < -0.4 is 0 Å². The van der Waals surface area contributed by atoms with E-state index < -0.39 is 0 Å². The minimum Gasteiger partial charge on any atom is -0.507 e. The van der Waals surface area contributed by atoms with Gasteiger partial charge >= 0.3 is 0 Å². The third-order valence-electron chi connectivity index (χ3n) is 2.93. The summed E-state index contributed by atoms with van der Waals surface area (Å²) in [5, 5.41) is 9.95. The van der Waals surface area contributed by atoms with Gasteiger partial charge in [-0.15, -0.1) is 0 Å². The summed E-state index contributed by atoms with van der Waals surface area (Å²) < 4.78 is 1.99. The van der Waals surface area contributed by atoms with Crippen LogP contribution in [0.4, 0.5) is 0 Å². The van der Waals surface area contributed by atoms with Gasteiger partial charge in [0.1, 0.15) is 11.4 Å². The number of phenolic OH excluding ortho intramolecular Hbond substituents is 1. The molecule has 2 heterocycles. The van der Waals surface area contributed by atoms with Gasteiger partial charge in [-0.2, -0.15) is 0 Å². The van der Waals surface area contributed by atoms with Crippen molar-refractivity contribution < 1.29 is 5.11 Å². The number of aromatic hydroxyl groups is 1. The molecule has 0 aliphatic rings. The van der Waals surface area contributed by atoms with Crippen molar-refractivity contribution in [2.45, 2.75) is 6.92 Å². The summed E-state index contributed by atoms with van der Waals surface area (Å²) >= 11 is 0. The fourth-order valence-electron chi connectivity index (χ4n) is 2.11. The van der Waals surface area contributed by atoms with Crippen LogP contribution in [-0.4, -0.2) is 14.5 Å². The molecular weight excluding hydrogens is 212 g/mol. The van der Waals surface area contributed by atoms with E-state index in [0.717, 1.165) is 22.5 Å². The van der Waals surface area contributed by atoms with E-state index in [0.29, 0.717) is 0 Å². The number of benzene rings is 1. The first-order valence-electron chi connectivity index (χ1n) is 5.48. The average Bonchev–Trinajstić information content (AvgIpc) is 2.79. The maximum atomic E-state index is 9.95. The standard InChI is InChI=1S/C14H12N2O/c1-10-6-7-13-15-8-9-16(13)14(10)11-4-2-3-5-12(11)17/h2-9,17H,1H3. The molecule has 0 spiro atoms. The van der Waals surface area contributed by atoms with Crippen molar-refractivity contribution in [1.29, 1.82) is 0 Å². The van der Waals surface area contributed by atoms with Crippen LogP contribution in [0.3, 0.4) is 0 Å². The average molecular weight is 224 g/mol. The minimum absolute atomic E-state index is 0.289. The van der Waals surface area contributed by atoms with Gasteiger partial charge in [0.2, 0.25) is 0 Å². The number of pyridine rings is 1. The Morgan fingerprint density at radius 3 is 2.76 bits per heavy atom. The molecule has 3 aromatic rings. The number of rotatable bonds is 1. The molecule has 0 radical (unpaired) electrons. The maximum Gasteiger partial charge on any atom is 0.137 e. The second-order valence-corrected chi connectivity index (χ2v) is 4.04. The predicted molar refractivity (Wildman–Crippen MR) is 67.0 cm³/mol. The van der Waals surface area contributed by atoms with Crippen molar-refractivity contribution in [1.82, 2.24) is 9.38 Å². The second-order valence-electron chi connectivity index (χ2n) is 4.04. The number of hydrogen-bond donors (Lipinski definition) is 1. The van der Waals surface area contributed by atoms with Crippen LogP contribution in [0.2, 0.25) is 0 Å². The quantitative estimate of drug-likeness (QED) is 0.690. The molecule has 3 rings (SSSR count).